The summed E-state index contributed by atoms with van der Waals surface area (Å²) in [4.78, 5) is 0. The van der Waals surface area contributed by atoms with E-state index in [0.717, 1.165) is 0 Å². The highest BCUT2D eigenvalue weighted by atomic mass is 35.5. The Morgan fingerprint density at radius 2 is 2.14 bits per heavy atom. The van der Waals surface area contributed by atoms with Gasteiger partial charge in [0.25, 0.3) is 0 Å². The van der Waals surface area contributed by atoms with Gasteiger partial charge in [-0.1, -0.05) is 6.07 Å². The van der Waals surface area contributed by atoms with Gasteiger partial charge in [0.15, 0.2) is 0 Å². The molecule has 0 amide bonds. The molecule has 0 bridgehead atoms. The van der Waals surface area contributed by atoms with E-state index in [1.165, 1.54) is 19.2 Å². The van der Waals surface area contributed by atoms with Gasteiger partial charge in [-0.05, 0) is 12.1 Å². The summed E-state index contributed by atoms with van der Waals surface area (Å²) >= 11 is 0. The molecule has 14 heavy (non-hydrogen) atoms. The number of hydrogen-bond acceptors (Lipinski definition) is 2. The molecule has 0 aliphatic carbocycles. The first kappa shape index (κ1) is 13.1. The third-order valence-electron chi connectivity index (χ3n) is 1.77. The van der Waals surface area contributed by atoms with Crippen molar-refractivity contribution in [2.24, 2.45) is 5.73 Å². The summed E-state index contributed by atoms with van der Waals surface area (Å²) in [5.74, 6) is -0.255. The number of ether oxygens (including phenoxy) is 1. The van der Waals surface area contributed by atoms with Crippen LogP contribution in [0.25, 0.3) is 0 Å². The number of rotatable bonds is 3. The SMILES string of the molecule is COc1cccc(F)c1[C@H](N)CF.Cl. The van der Waals surface area contributed by atoms with Gasteiger partial charge in [0.2, 0.25) is 0 Å². The molecule has 2 N–H and O–H groups in total. The third kappa shape index (κ3) is 2.56. The molecule has 1 atom stereocenters. The normalized spacial score (nSPS) is 11.7. The quantitative estimate of drug-likeness (QED) is 0.853. The van der Waals surface area contributed by atoms with E-state index in [1.807, 2.05) is 0 Å². The molecule has 0 unspecified atom stereocenters. The molecule has 0 aliphatic rings. The van der Waals surface area contributed by atoms with Crippen LogP contribution in [0.15, 0.2) is 18.2 Å². The minimum atomic E-state index is -0.962. The molecular formula is C9H12ClF2NO. The monoisotopic (exact) mass is 223 g/mol. The zero-order valence-corrected chi connectivity index (χ0v) is 8.48. The van der Waals surface area contributed by atoms with E-state index >= 15 is 0 Å². The molecule has 0 radical (unpaired) electrons. The molecule has 1 aromatic carbocycles. The van der Waals surface area contributed by atoms with E-state index in [2.05, 4.69) is 0 Å². The van der Waals surface area contributed by atoms with Crippen LogP contribution < -0.4 is 10.5 Å². The van der Waals surface area contributed by atoms with Crippen LogP contribution in [-0.2, 0) is 0 Å². The maximum Gasteiger partial charge on any atom is 0.131 e. The third-order valence-corrected chi connectivity index (χ3v) is 1.77. The standard InChI is InChI=1S/C9H11F2NO.ClH/c1-13-8-4-2-3-6(11)9(8)7(12)5-10;/h2-4,7H,5,12H2,1H3;1H/t7-;/m1./s1. The van der Waals surface area contributed by atoms with Crippen LogP contribution in [0.5, 0.6) is 5.75 Å². The summed E-state index contributed by atoms with van der Waals surface area (Å²) in [7, 11) is 1.39. The van der Waals surface area contributed by atoms with Crippen molar-refractivity contribution in [3.8, 4) is 5.75 Å². The second-order valence-electron chi connectivity index (χ2n) is 2.62. The summed E-state index contributed by atoms with van der Waals surface area (Å²) < 4.78 is 30.2. The first-order valence-corrected chi connectivity index (χ1v) is 3.84. The van der Waals surface area contributed by atoms with Crippen LogP contribution >= 0.6 is 12.4 Å². The highest BCUT2D eigenvalue weighted by molar-refractivity contribution is 5.85. The summed E-state index contributed by atoms with van der Waals surface area (Å²) in [6.45, 7) is -0.808. The Labute approximate surface area is 87.5 Å². The largest absolute Gasteiger partial charge is 0.496 e. The van der Waals surface area contributed by atoms with Gasteiger partial charge in [-0.25, -0.2) is 8.78 Å². The predicted octanol–water partition coefficient (Wildman–Crippen LogP) is 2.23. The van der Waals surface area contributed by atoms with Gasteiger partial charge in [0.1, 0.15) is 18.2 Å². The Balaban J connectivity index is 0.00000169. The van der Waals surface area contributed by atoms with Crippen molar-refractivity contribution in [1.29, 1.82) is 0 Å². The number of benzene rings is 1. The van der Waals surface area contributed by atoms with E-state index in [1.54, 1.807) is 6.07 Å². The molecule has 0 aliphatic heterocycles. The van der Waals surface area contributed by atoms with Gasteiger partial charge in [-0.15, -0.1) is 12.4 Å². The molecule has 0 spiro atoms. The topological polar surface area (TPSA) is 35.2 Å². The number of methoxy groups -OCH3 is 1. The van der Waals surface area contributed by atoms with Crippen molar-refractivity contribution in [3.63, 3.8) is 0 Å². The van der Waals surface area contributed by atoms with E-state index in [4.69, 9.17) is 10.5 Å². The van der Waals surface area contributed by atoms with Crippen molar-refractivity contribution < 1.29 is 13.5 Å². The van der Waals surface area contributed by atoms with E-state index in [-0.39, 0.29) is 23.7 Å². The van der Waals surface area contributed by atoms with E-state index in [9.17, 15) is 8.78 Å². The highest BCUT2D eigenvalue weighted by Crippen LogP contribution is 2.26. The van der Waals surface area contributed by atoms with Crippen molar-refractivity contribution in [1.82, 2.24) is 0 Å². The van der Waals surface area contributed by atoms with Gasteiger partial charge < -0.3 is 10.5 Å². The van der Waals surface area contributed by atoms with Crippen LogP contribution in [0.2, 0.25) is 0 Å². The fourth-order valence-corrected chi connectivity index (χ4v) is 1.13. The summed E-state index contributed by atoms with van der Waals surface area (Å²) in [6, 6.07) is 3.31. The van der Waals surface area contributed by atoms with Gasteiger partial charge in [0, 0.05) is 5.56 Å². The lowest BCUT2D eigenvalue weighted by Gasteiger charge is -2.12. The lowest BCUT2D eigenvalue weighted by Crippen LogP contribution is -2.15. The molecule has 0 heterocycles. The van der Waals surface area contributed by atoms with Crippen LogP contribution in [0.4, 0.5) is 8.78 Å². The van der Waals surface area contributed by atoms with E-state index < -0.39 is 18.5 Å². The van der Waals surface area contributed by atoms with Crippen LogP contribution in [0, 0.1) is 5.82 Å². The number of hydrogen-bond donors (Lipinski definition) is 1. The Hall–Kier alpha value is -0.870. The Bertz CT molecular complexity index is 296. The Kier molecular flexibility index (Phi) is 5.42. The summed E-state index contributed by atoms with van der Waals surface area (Å²) in [6.07, 6.45) is 0. The summed E-state index contributed by atoms with van der Waals surface area (Å²) in [5.41, 5.74) is 5.47. The van der Waals surface area contributed by atoms with Crippen LogP contribution in [-0.4, -0.2) is 13.8 Å². The van der Waals surface area contributed by atoms with Crippen molar-refractivity contribution in [3.05, 3.63) is 29.6 Å². The second kappa shape index (κ2) is 5.78. The maximum atomic E-state index is 13.1. The first-order valence-electron chi connectivity index (χ1n) is 3.84. The molecule has 0 aromatic heterocycles. The van der Waals surface area contributed by atoms with Gasteiger partial charge in [-0.2, -0.15) is 0 Å². The maximum absolute atomic E-state index is 13.1. The number of nitrogens with two attached hydrogens (primary N) is 1. The zero-order valence-electron chi connectivity index (χ0n) is 7.67. The molecule has 0 saturated heterocycles. The van der Waals surface area contributed by atoms with Crippen LogP contribution in [0.3, 0.4) is 0 Å². The first-order chi connectivity index (χ1) is 6.20. The lowest BCUT2D eigenvalue weighted by molar-refractivity contribution is 0.379. The Morgan fingerprint density at radius 1 is 1.50 bits per heavy atom. The van der Waals surface area contributed by atoms with Crippen molar-refractivity contribution >= 4 is 12.4 Å². The number of halogens is 3. The number of alkyl halides is 1. The lowest BCUT2D eigenvalue weighted by atomic mass is 10.1. The van der Waals surface area contributed by atoms with Crippen molar-refractivity contribution in [2.75, 3.05) is 13.8 Å². The smallest absolute Gasteiger partial charge is 0.131 e. The average molecular weight is 224 g/mol. The molecular weight excluding hydrogens is 212 g/mol. The molecule has 5 heteroatoms. The van der Waals surface area contributed by atoms with Gasteiger partial charge in [0.05, 0.1) is 13.2 Å². The summed E-state index contributed by atoms with van der Waals surface area (Å²) in [5, 5.41) is 0. The second-order valence-corrected chi connectivity index (χ2v) is 2.62. The predicted molar refractivity (Wildman–Crippen MR) is 53.1 cm³/mol. The van der Waals surface area contributed by atoms with Crippen LogP contribution in [0.1, 0.15) is 11.6 Å². The fourth-order valence-electron chi connectivity index (χ4n) is 1.13. The average Bonchev–Trinajstić information content (AvgIpc) is 2.16. The minimum absolute atomic E-state index is 0. The minimum Gasteiger partial charge on any atom is -0.496 e. The molecule has 80 valence electrons. The molecule has 0 saturated carbocycles. The van der Waals surface area contributed by atoms with E-state index in [0.29, 0.717) is 0 Å². The Morgan fingerprint density at radius 3 is 2.64 bits per heavy atom. The fraction of sp³-hybridized carbons (Fsp3) is 0.333. The highest BCUT2D eigenvalue weighted by Gasteiger charge is 2.16. The van der Waals surface area contributed by atoms with Crippen molar-refractivity contribution in [2.45, 2.75) is 6.04 Å². The zero-order chi connectivity index (χ0) is 9.84. The van der Waals surface area contributed by atoms with Gasteiger partial charge in [-0.3, -0.25) is 0 Å². The molecule has 1 rings (SSSR count). The van der Waals surface area contributed by atoms with Gasteiger partial charge >= 0.3 is 0 Å². The molecule has 2 nitrogen and oxygen atoms in total. The molecule has 0 fully saturated rings. The molecule has 1 aromatic rings.